The highest BCUT2D eigenvalue weighted by Crippen LogP contribution is 2.27. The van der Waals surface area contributed by atoms with Crippen LogP contribution < -0.4 is 14.9 Å². The van der Waals surface area contributed by atoms with Gasteiger partial charge in [-0.05, 0) is 41.8 Å². The van der Waals surface area contributed by atoms with E-state index in [1.807, 2.05) is 30.3 Å². The molecule has 0 aliphatic rings. The maximum atomic E-state index is 5.28. The van der Waals surface area contributed by atoms with E-state index < -0.39 is 0 Å². The minimum absolute atomic E-state index is 0.615. The molecule has 22 heavy (non-hydrogen) atoms. The molecule has 0 fully saturated rings. The summed E-state index contributed by atoms with van der Waals surface area (Å²) in [5.41, 5.74) is 6.34. The Balaban J connectivity index is 1.95. The van der Waals surface area contributed by atoms with Crippen LogP contribution in [0.3, 0.4) is 0 Å². The average Bonchev–Trinajstić information content (AvgIpc) is 2.54. The van der Waals surface area contributed by atoms with E-state index in [4.69, 9.17) is 9.47 Å². The number of benzene rings is 2. The van der Waals surface area contributed by atoms with Gasteiger partial charge in [-0.1, -0.05) is 34.1 Å². The quantitative estimate of drug-likeness (QED) is 0.625. The molecule has 0 aliphatic heterocycles. The van der Waals surface area contributed by atoms with Crippen molar-refractivity contribution in [2.24, 2.45) is 5.10 Å². The minimum Gasteiger partial charge on any atom is -0.493 e. The van der Waals surface area contributed by atoms with Gasteiger partial charge in [0.05, 0.1) is 27.0 Å². The smallest absolute Gasteiger partial charge is 0.161 e. The molecular formula is C17H19BrN2O2. The molecule has 116 valence electrons. The van der Waals surface area contributed by atoms with Gasteiger partial charge in [0.25, 0.3) is 0 Å². The van der Waals surface area contributed by atoms with Crippen molar-refractivity contribution in [2.45, 2.75) is 13.5 Å². The largest absolute Gasteiger partial charge is 0.493 e. The first kappa shape index (κ1) is 16.4. The Kier molecular flexibility index (Phi) is 5.83. The molecule has 0 aromatic heterocycles. The van der Waals surface area contributed by atoms with Gasteiger partial charge < -0.3 is 14.9 Å². The highest BCUT2D eigenvalue weighted by molar-refractivity contribution is 9.10. The summed E-state index contributed by atoms with van der Waals surface area (Å²) in [6.07, 6.45) is 1.80. The van der Waals surface area contributed by atoms with Crippen molar-refractivity contribution in [3.8, 4) is 11.5 Å². The average molecular weight is 363 g/mol. The lowest BCUT2D eigenvalue weighted by Gasteiger charge is -2.09. The Morgan fingerprint density at radius 3 is 2.55 bits per heavy atom. The highest BCUT2D eigenvalue weighted by Gasteiger charge is 2.03. The van der Waals surface area contributed by atoms with Gasteiger partial charge in [0.1, 0.15) is 0 Å². The van der Waals surface area contributed by atoms with E-state index in [0.717, 1.165) is 21.3 Å². The number of nitrogens with one attached hydrogen (secondary N) is 1. The summed E-state index contributed by atoms with van der Waals surface area (Å²) in [6, 6.07) is 11.9. The van der Waals surface area contributed by atoms with Crippen LogP contribution in [-0.4, -0.2) is 20.4 Å². The molecule has 0 radical (unpaired) electrons. The predicted octanol–water partition coefficient (Wildman–Crippen LogP) is 3.90. The molecule has 0 unspecified atom stereocenters. The summed E-state index contributed by atoms with van der Waals surface area (Å²) >= 11 is 3.51. The standard InChI is InChI=1S/C17H19BrN2O2/c1-12-4-5-13(8-15(12)18)10-19-20-11-14-6-7-16(21-2)17(9-14)22-3/h4-10,20H,11H2,1-3H3/b19-10+. The second-order valence-corrected chi connectivity index (χ2v) is 5.65. The molecule has 0 saturated carbocycles. The molecule has 5 heteroatoms. The van der Waals surface area contributed by atoms with Crippen molar-refractivity contribution in [1.82, 2.24) is 5.43 Å². The second-order valence-electron chi connectivity index (χ2n) is 4.79. The normalized spacial score (nSPS) is 10.7. The zero-order chi connectivity index (χ0) is 15.9. The van der Waals surface area contributed by atoms with E-state index >= 15 is 0 Å². The van der Waals surface area contributed by atoms with Gasteiger partial charge in [-0.2, -0.15) is 5.10 Å². The van der Waals surface area contributed by atoms with Crippen LogP contribution in [0.15, 0.2) is 46.0 Å². The van der Waals surface area contributed by atoms with Gasteiger partial charge in [0.2, 0.25) is 0 Å². The maximum Gasteiger partial charge on any atom is 0.161 e. The van der Waals surface area contributed by atoms with E-state index in [1.165, 1.54) is 5.56 Å². The molecule has 2 rings (SSSR count). The van der Waals surface area contributed by atoms with E-state index in [9.17, 15) is 0 Å². The fraction of sp³-hybridized carbons (Fsp3) is 0.235. The molecular weight excluding hydrogens is 344 g/mol. The van der Waals surface area contributed by atoms with Gasteiger partial charge in [-0.15, -0.1) is 0 Å². The van der Waals surface area contributed by atoms with Crippen LogP contribution in [0.1, 0.15) is 16.7 Å². The Bertz CT molecular complexity index is 672. The maximum absolute atomic E-state index is 5.28. The topological polar surface area (TPSA) is 42.8 Å². The van der Waals surface area contributed by atoms with Crippen LogP contribution in [0.5, 0.6) is 11.5 Å². The van der Waals surface area contributed by atoms with Gasteiger partial charge in [0, 0.05) is 4.47 Å². The predicted molar refractivity (Wildman–Crippen MR) is 92.9 cm³/mol. The molecule has 2 aromatic carbocycles. The third-order valence-electron chi connectivity index (χ3n) is 3.23. The molecule has 0 amide bonds. The van der Waals surface area contributed by atoms with Crippen LogP contribution in [-0.2, 0) is 6.54 Å². The first-order valence-electron chi connectivity index (χ1n) is 6.87. The molecule has 0 spiro atoms. The number of methoxy groups -OCH3 is 2. The van der Waals surface area contributed by atoms with Crippen LogP contribution in [0.25, 0.3) is 0 Å². The Morgan fingerprint density at radius 2 is 1.86 bits per heavy atom. The number of rotatable bonds is 6. The van der Waals surface area contributed by atoms with E-state index in [0.29, 0.717) is 12.3 Å². The third-order valence-corrected chi connectivity index (χ3v) is 4.09. The van der Waals surface area contributed by atoms with Crippen molar-refractivity contribution < 1.29 is 9.47 Å². The van der Waals surface area contributed by atoms with Crippen molar-refractivity contribution in [3.63, 3.8) is 0 Å². The van der Waals surface area contributed by atoms with Gasteiger partial charge >= 0.3 is 0 Å². The van der Waals surface area contributed by atoms with E-state index in [-0.39, 0.29) is 0 Å². The van der Waals surface area contributed by atoms with Gasteiger partial charge in [-0.3, -0.25) is 0 Å². The lowest BCUT2D eigenvalue weighted by Crippen LogP contribution is -2.06. The van der Waals surface area contributed by atoms with Crippen molar-refractivity contribution in [3.05, 3.63) is 57.6 Å². The van der Waals surface area contributed by atoms with Crippen molar-refractivity contribution >= 4 is 22.1 Å². The number of nitrogens with zero attached hydrogens (tertiary/aromatic N) is 1. The summed E-state index contributed by atoms with van der Waals surface area (Å²) in [5, 5.41) is 4.24. The first-order valence-corrected chi connectivity index (χ1v) is 7.66. The number of aryl methyl sites for hydroxylation is 1. The number of hydrogen-bond donors (Lipinski definition) is 1. The lowest BCUT2D eigenvalue weighted by molar-refractivity contribution is 0.354. The van der Waals surface area contributed by atoms with E-state index in [1.54, 1.807) is 20.4 Å². The number of ether oxygens (including phenoxy) is 2. The Morgan fingerprint density at radius 1 is 1.09 bits per heavy atom. The zero-order valence-corrected chi connectivity index (χ0v) is 14.5. The molecule has 0 heterocycles. The van der Waals surface area contributed by atoms with Crippen LogP contribution in [0, 0.1) is 6.92 Å². The number of halogens is 1. The second kappa shape index (κ2) is 7.84. The highest BCUT2D eigenvalue weighted by atomic mass is 79.9. The van der Waals surface area contributed by atoms with Crippen LogP contribution in [0.4, 0.5) is 0 Å². The summed E-state index contributed by atoms with van der Waals surface area (Å²) < 4.78 is 11.6. The van der Waals surface area contributed by atoms with Gasteiger partial charge in [0.15, 0.2) is 11.5 Å². The molecule has 0 saturated heterocycles. The minimum atomic E-state index is 0.615. The summed E-state index contributed by atoms with van der Waals surface area (Å²) in [7, 11) is 3.25. The molecule has 2 aromatic rings. The van der Waals surface area contributed by atoms with Crippen molar-refractivity contribution in [2.75, 3.05) is 14.2 Å². The summed E-state index contributed by atoms with van der Waals surface area (Å²) in [6.45, 7) is 2.67. The molecule has 0 bridgehead atoms. The van der Waals surface area contributed by atoms with Crippen LogP contribution in [0.2, 0.25) is 0 Å². The van der Waals surface area contributed by atoms with Crippen LogP contribution >= 0.6 is 15.9 Å². The molecule has 1 N–H and O–H groups in total. The summed E-state index contributed by atoms with van der Waals surface area (Å²) in [5.74, 6) is 1.44. The molecule has 0 atom stereocenters. The van der Waals surface area contributed by atoms with Gasteiger partial charge in [-0.25, -0.2) is 0 Å². The third kappa shape index (κ3) is 4.24. The fourth-order valence-corrected chi connectivity index (χ4v) is 2.33. The Labute approximate surface area is 139 Å². The Hall–Kier alpha value is -2.01. The molecule has 0 aliphatic carbocycles. The molecule has 4 nitrogen and oxygen atoms in total. The zero-order valence-electron chi connectivity index (χ0n) is 12.9. The van der Waals surface area contributed by atoms with Crippen molar-refractivity contribution in [1.29, 1.82) is 0 Å². The number of hydrazone groups is 1. The summed E-state index contributed by atoms with van der Waals surface area (Å²) in [4.78, 5) is 0. The SMILES string of the molecule is COc1ccc(CN/N=C/c2ccc(C)c(Br)c2)cc1OC. The number of hydrogen-bond acceptors (Lipinski definition) is 4. The van der Waals surface area contributed by atoms with E-state index in [2.05, 4.69) is 39.4 Å². The fourth-order valence-electron chi connectivity index (χ4n) is 1.94. The first-order chi connectivity index (χ1) is 10.6. The lowest BCUT2D eigenvalue weighted by atomic mass is 10.2. The monoisotopic (exact) mass is 362 g/mol.